The quantitative estimate of drug-likeness (QED) is 0.616. The third-order valence-corrected chi connectivity index (χ3v) is 6.15. The number of carbonyl (C=O) groups excluding carboxylic acids is 2. The number of amides is 2. The molecule has 1 aliphatic rings. The third kappa shape index (κ3) is 5.21. The first kappa shape index (κ1) is 20.9. The van der Waals surface area contributed by atoms with Gasteiger partial charge in [0, 0.05) is 24.2 Å². The van der Waals surface area contributed by atoms with Crippen molar-refractivity contribution in [1.82, 2.24) is 9.97 Å². The number of hydrogen-bond donors (Lipinski definition) is 2. The Morgan fingerprint density at radius 2 is 1.90 bits per heavy atom. The standard InChI is InChI=1S/C23H23N5O2S/c24-21(29)16-6-5-13-28(15-16)20-11-10-17(14-26-20)27-22(30)19-9-4-12-25-23(19)31-18-7-2-1-3-8-18/h1-4,7-12,14,16H,5-6,13,15H2,(H2,24,29)(H,27,30). The number of nitrogens with one attached hydrogen (secondary N) is 1. The summed E-state index contributed by atoms with van der Waals surface area (Å²) in [6.45, 7) is 1.40. The second-order valence-corrected chi connectivity index (χ2v) is 8.38. The van der Waals surface area contributed by atoms with Crippen LogP contribution in [-0.2, 0) is 4.79 Å². The van der Waals surface area contributed by atoms with E-state index in [0.717, 1.165) is 30.1 Å². The molecule has 158 valence electrons. The number of carbonyl (C=O) groups is 2. The van der Waals surface area contributed by atoms with Crippen molar-refractivity contribution in [3.8, 4) is 0 Å². The summed E-state index contributed by atoms with van der Waals surface area (Å²) >= 11 is 1.44. The van der Waals surface area contributed by atoms with Gasteiger partial charge in [0.25, 0.3) is 5.91 Å². The summed E-state index contributed by atoms with van der Waals surface area (Å²) in [4.78, 5) is 36.3. The number of primary amides is 1. The van der Waals surface area contributed by atoms with Crippen LogP contribution >= 0.6 is 11.8 Å². The number of aromatic nitrogens is 2. The number of nitrogens with zero attached hydrogens (tertiary/aromatic N) is 3. The van der Waals surface area contributed by atoms with Crippen molar-refractivity contribution in [3.05, 3.63) is 72.6 Å². The number of piperidine rings is 1. The Hall–Kier alpha value is -3.39. The van der Waals surface area contributed by atoms with Crippen LogP contribution in [0.1, 0.15) is 23.2 Å². The summed E-state index contributed by atoms with van der Waals surface area (Å²) in [6.07, 6.45) is 5.02. The van der Waals surface area contributed by atoms with Crippen molar-refractivity contribution in [3.63, 3.8) is 0 Å². The van der Waals surface area contributed by atoms with Crippen LogP contribution in [-0.4, -0.2) is 34.9 Å². The molecule has 2 aromatic heterocycles. The first-order valence-corrected chi connectivity index (χ1v) is 10.9. The van der Waals surface area contributed by atoms with Gasteiger partial charge in [-0.15, -0.1) is 0 Å². The molecule has 8 heteroatoms. The van der Waals surface area contributed by atoms with Gasteiger partial charge >= 0.3 is 0 Å². The zero-order valence-electron chi connectivity index (χ0n) is 16.9. The lowest BCUT2D eigenvalue weighted by Gasteiger charge is -2.32. The third-order valence-electron chi connectivity index (χ3n) is 5.13. The molecular formula is C23H23N5O2S. The number of rotatable bonds is 6. The normalized spacial score (nSPS) is 16.0. The average Bonchev–Trinajstić information content (AvgIpc) is 2.80. The smallest absolute Gasteiger partial charge is 0.258 e. The van der Waals surface area contributed by atoms with Gasteiger partial charge in [0.2, 0.25) is 5.91 Å². The minimum Gasteiger partial charge on any atom is -0.369 e. The molecule has 1 fully saturated rings. The summed E-state index contributed by atoms with van der Waals surface area (Å²) in [7, 11) is 0. The predicted molar refractivity (Wildman–Crippen MR) is 121 cm³/mol. The van der Waals surface area contributed by atoms with E-state index in [1.807, 2.05) is 42.5 Å². The molecule has 0 saturated carbocycles. The molecule has 1 unspecified atom stereocenters. The van der Waals surface area contributed by atoms with Crippen LogP contribution in [0.3, 0.4) is 0 Å². The van der Waals surface area contributed by atoms with Crippen molar-refractivity contribution < 1.29 is 9.59 Å². The SMILES string of the molecule is NC(=O)C1CCCN(c2ccc(NC(=O)c3cccnc3Sc3ccccc3)cn2)C1. The summed E-state index contributed by atoms with van der Waals surface area (Å²) in [6, 6.07) is 17.0. The van der Waals surface area contributed by atoms with E-state index in [1.54, 1.807) is 24.5 Å². The second-order valence-electron chi connectivity index (χ2n) is 7.32. The largest absolute Gasteiger partial charge is 0.369 e. The average molecular weight is 434 g/mol. The molecule has 3 N–H and O–H groups in total. The minimum absolute atomic E-state index is 0.152. The molecule has 0 aliphatic carbocycles. The molecule has 1 atom stereocenters. The van der Waals surface area contributed by atoms with Crippen molar-refractivity contribution in [2.24, 2.45) is 11.7 Å². The van der Waals surface area contributed by atoms with Gasteiger partial charge in [-0.25, -0.2) is 9.97 Å². The Labute approximate surface area is 185 Å². The molecule has 3 heterocycles. The minimum atomic E-state index is -0.269. The first-order chi connectivity index (χ1) is 15.1. The van der Waals surface area contributed by atoms with Gasteiger partial charge in [0.15, 0.2) is 0 Å². The van der Waals surface area contributed by atoms with Gasteiger partial charge in [-0.2, -0.15) is 0 Å². The molecule has 4 rings (SSSR count). The fraction of sp³-hybridized carbons (Fsp3) is 0.217. The molecule has 1 saturated heterocycles. The van der Waals surface area contributed by atoms with Gasteiger partial charge in [0.05, 0.1) is 23.4 Å². The molecule has 3 aromatic rings. The van der Waals surface area contributed by atoms with Crippen molar-refractivity contribution >= 4 is 35.1 Å². The van der Waals surface area contributed by atoms with E-state index < -0.39 is 0 Å². The molecule has 2 amide bonds. The maximum atomic E-state index is 12.9. The number of benzene rings is 1. The maximum absolute atomic E-state index is 12.9. The summed E-state index contributed by atoms with van der Waals surface area (Å²) in [5, 5.41) is 3.53. The van der Waals surface area contributed by atoms with E-state index in [9.17, 15) is 9.59 Å². The van der Waals surface area contributed by atoms with E-state index in [1.165, 1.54) is 11.8 Å². The number of pyridine rings is 2. The number of hydrogen-bond acceptors (Lipinski definition) is 6. The Morgan fingerprint density at radius 3 is 2.65 bits per heavy atom. The maximum Gasteiger partial charge on any atom is 0.258 e. The number of anilines is 2. The lowest BCUT2D eigenvalue weighted by Crippen LogP contribution is -2.41. The Balaban J connectivity index is 1.44. The van der Waals surface area contributed by atoms with E-state index in [-0.39, 0.29) is 17.7 Å². The van der Waals surface area contributed by atoms with E-state index in [0.29, 0.717) is 22.8 Å². The van der Waals surface area contributed by atoms with Crippen molar-refractivity contribution in [2.75, 3.05) is 23.3 Å². The van der Waals surface area contributed by atoms with Crippen LogP contribution in [0.2, 0.25) is 0 Å². The zero-order chi connectivity index (χ0) is 21.6. The lowest BCUT2D eigenvalue weighted by atomic mass is 9.97. The van der Waals surface area contributed by atoms with Gasteiger partial charge in [0.1, 0.15) is 10.8 Å². The molecule has 0 spiro atoms. The predicted octanol–water partition coefficient (Wildman–Crippen LogP) is 3.58. The molecule has 1 aliphatic heterocycles. The highest BCUT2D eigenvalue weighted by atomic mass is 32.2. The van der Waals surface area contributed by atoms with Crippen molar-refractivity contribution in [1.29, 1.82) is 0 Å². The Bertz CT molecular complexity index is 1060. The molecule has 7 nitrogen and oxygen atoms in total. The monoisotopic (exact) mass is 433 g/mol. The molecule has 1 aromatic carbocycles. The molecule has 31 heavy (non-hydrogen) atoms. The molecule has 0 bridgehead atoms. The van der Waals surface area contributed by atoms with Crippen LogP contribution in [0.25, 0.3) is 0 Å². The molecular weight excluding hydrogens is 410 g/mol. The Morgan fingerprint density at radius 1 is 1.06 bits per heavy atom. The van der Waals surface area contributed by atoms with Gasteiger partial charge in [-0.3, -0.25) is 9.59 Å². The van der Waals surface area contributed by atoms with Crippen LogP contribution < -0.4 is 16.0 Å². The lowest BCUT2D eigenvalue weighted by molar-refractivity contribution is -0.122. The fourth-order valence-corrected chi connectivity index (χ4v) is 4.41. The zero-order valence-corrected chi connectivity index (χ0v) is 17.7. The van der Waals surface area contributed by atoms with E-state index in [4.69, 9.17) is 5.73 Å². The summed E-state index contributed by atoms with van der Waals surface area (Å²) in [5.41, 5.74) is 6.56. The highest BCUT2D eigenvalue weighted by molar-refractivity contribution is 7.99. The van der Waals surface area contributed by atoms with Gasteiger partial charge in [-0.1, -0.05) is 30.0 Å². The van der Waals surface area contributed by atoms with Crippen LogP contribution in [0.5, 0.6) is 0 Å². The summed E-state index contributed by atoms with van der Waals surface area (Å²) < 4.78 is 0. The summed E-state index contributed by atoms with van der Waals surface area (Å²) in [5.74, 6) is 0.105. The van der Waals surface area contributed by atoms with E-state index >= 15 is 0 Å². The van der Waals surface area contributed by atoms with Crippen molar-refractivity contribution in [2.45, 2.75) is 22.8 Å². The highest BCUT2D eigenvalue weighted by Gasteiger charge is 2.24. The molecule has 0 radical (unpaired) electrons. The van der Waals surface area contributed by atoms with Crippen LogP contribution in [0.4, 0.5) is 11.5 Å². The highest BCUT2D eigenvalue weighted by Crippen LogP contribution is 2.29. The number of nitrogens with two attached hydrogens (primary N) is 1. The Kier molecular flexibility index (Phi) is 6.47. The van der Waals surface area contributed by atoms with Crippen LogP contribution in [0.15, 0.2) is 76.9 Å². The van der Waals surface area contributed by atoms with Gasteiger partial charge in [-0.05, 0) is 49.2 Å². The van der Waals surface area contributed by atoms with E-state index in [2.05, 4.69) is 20.2 Å². The van der Waals surface area contributed by atoms with Crippen LogP contribution in [0, 0.1) is 5.92 Å². The van der Waals surface area contributed by atoms with Gasteiger partial charge < -0.3 is 16.0 Å². The topological polar surface area (TPSA) is 101 Å². The fourth-order valence-electron chi connectivity index (χ4n) is 3.51. The second kappa shape index (κ2) is 9.61. The first-order valence-electron chi connectivity index (χ1n) is 10.1.